The van der Waals surface area contributed by atoms with Gasteiger partial charge in [-0.05, 0) is 55.1 Å². The van der Waals surface area contributed by atoms with E-state index >= 15 is 0 Å². The number of halogens is 2. The second-order valence-electron chi connectivity index (χ2n) is 7.27. The van der Waals surface area contributed by atoms with Gasteiger partial charge >= 0.3 is 0 Å². The first-order chi connectivity index (χ1) is 9.93. The molecule has 2 nitrogen and oxygen atoms in total. The Hall–Kier alpha value is -0.280. The monoisotopic (exact) mass is 327 g/mol. The number of fused-ring (bicyclic) bond motifs is 2. The Morgan fingerprint density at radius 2 is 1.81 bits per heavy atom. The molecule has 2 fully saturated rings. The number of rotatable bonds is 5. The van der Waals surface area contributed by atoms with Crippen molar-refractivity contribution >= 4 is 23.2 Å². The van der Waals surface area contributed by atoms with Crippen LogP contribution < -0.4 is 5.32 Å². The topological polar surface area (TPSA) is 32.3 Å². The van der Waals surface area contributed by atoms with Crippen molar-refractivity contribution in [2.75, 3.05) is 13.1 Å². The molecule has 21 heavy (non-hydrogen) atoms. The zero-order chi connectivity index (χ0) is 15.1. The molecule has 1 unspecified atom stereocenters. The lowest BCUT2D eigenvalue weighted by Gasteiger charge is -2.28. The molecule has 0 heterocycles. The van der Waals surface area contributed by atoms with Gasteiger partial charge in [0.05, 0.1) is 6.10 Å². The molecular weight excluding hydrogens is 305 g/mol. The molecule has 1 aromatic rings. The van der Waals surface area contributed by atoms with Crippen LogP contribution in [-0.2, 0) is 0 Å². The molecule has 0 saturated heterocycles. The van der Waals surface area contributed by atoms with Crippen LogP contribution in [0, 0.1) is 10.8 Å². The molecule has 0 amide bonds. The van der Waals surface area contributed by atoms with Gasteiger partial charge in [-0.3, -0.25) is 0 Å². The van der Waals surface area contributed by atoms with Crippen molar-refractivity contribution in [3.8, 4) is 0 Å². The van der Waals surface area contributed by atoms with Crippen molar-refractivity contribution in [3.63, 3.8) is 0 Å². The lowest BCUT2D eigenvalue weighted by Crippen LogP contribution is -2.33. The van der Waals surface area contributed by atoms with Crippen LogP contribution in [0.5, 0.6) is 0 Å². The van der Waals surface area contributed by atoms with Gasteiger partial charge in [0, 0.05) is 28.7 Å². The Morgan fingerprint density at radius 3 is 2.33 bits per heavy atom. The molecule has 0 radical (unpaired) electrons. The lowest BCUT2D eigenvalue weighted by atomic mass is 9.83. The smallest absolute Gasteiger partial charge is 0.0943 e. The third-order valence-corrected chi connectivity index (χ3v) is 6.15. The van der Waals surface area contributed by atoms with Crippen molar-refractivity contribution in [1.82, 2.24) is 5.32 Å². The zero-order valence-electron chi connectivity index (χ0n) is 12.5. The quantitative estimate of drug-likeness (QED) is 0.829. The molecule has 3 rings (SSSR count). The van der Waals surface area contributed by atoms with Crippen molar-refractivity contribution in [1.29, 1.82) is 0 Å². The van der Waals surface area contributed by atoms with Gasteiger partial charge in [-0.1, -0.05) is 36.2 Å². The minimum atomic E-state index is -0.656. The maximum atomic E-state index is 10.3. The van der Waals surface area contributed by atoms with E-state index in [9.17, 15) is 5.11 Å². The summed E-state index contributed by atoms with van der Waals surface area (Å²) in [5.74, 6) is 0. The van der Waals surface area contributed by atoms with Crippen molar-refractivity contribution in [2.45, 2.75) is 45.1 Å². The van der Waals surface area contributed by atoms with Crippen LogP contribution in [-0.4, -0.2) is 18.2 Å². The Bertz CT molecular complexity index is 503. The summed E-state index contributed by atoms with van der Waals surface area (Å²) in [6, 6.07) is 5.33. The van der Waals surface area contributed by atoms with Gasteiger partial charge in [0.2, 0.25) is 0 Å². The summed E-state index contributed by atoms with van der Waals surface area (Å²) in [6.07, 6.45) is 6.02. The summed E-state index contributed by atoms with van der Waals surface area (Å²) < 4.78 is 0. The van der Waals surface area contributed by atoms with Crippen molar-refractivity contribution < 1.29 is 5.11 Å². The van der Waals surface area contributed by atoms with E-state index in [-0.39, 0.29) is 0 Å². The van der Waals surface area contributed by atoms with E-state index in [4.69, 9.17) is 23.2 Å². The fourth-order valence-corrected chi connectivity index (χ4v) is 4.94. The molecular formula is C17H23Cl2NO. The molecule has 0 aromatic heterocycles. The molecule has 2 aliphatic carbocycles. The molecule has 116 valence electrons. The minimum absolute atomic E-state index is 0.457. The van der Waals surface area contributed by atoms with Gasteiger partial charge in [-0.2, -0.15) is 0 Å². The Morgan fingerprint density at radius 1 is 1.19 bits per heavy atom. The molecule has 1 atom stereocenters. The first-order valence-corrected chi connectivity index (χ1v) is 8.52. The largest absolute Gasteiger partial charge is 0.387 e. The van der Waals surface area contributed by atoms with E-state index in [1.54, 1.807) is 18.2 Å². The number of aliphatic hydroxyl groups is 1. The Labute approximate surface area is 136 Å². The van der Waals surface area contributed by atoms with E-state index in [0.29, 0.717) is 33.0 Å². The molecule has 2 N–H and O–H groups in total. The van der Waals surface area contributed by atoms with Crippen LogP contribution in [0.15, 0.2) is 18.2 Å². The highest BCUT2D eigenvalue weighted by Gasteiger charge is 2.51. The van der Waals surface area contributed by atoms with Crippen LogP contribution in [0.2, 0.25) is 10.0 Å². The average molecular weight is 328 g/mol. The average Bonchev–Trinajstić information content (AvgIpc) is 2.92. The molecule has 2 saturated carbocycles. The molecule has 0 spiro atoms. The van der Waals surface area contributed by atoms with Crippen LogP contribution in [0.3, 0.4) is 0 Å². The highest BCUT2D eigenvalue weighted by Crippen LogP contribution is 2.60. The summed E-state index contributed by atoms with van der Waals surface area (Å²) in [4.78, 5) is 0. The fraction of sp³-hybridized carbons (Fsp3) is 0.647. The molecule has 4 heteroatoms. The summed E-state index contributed by atoms with van der Waals surface area (Å²) in [6.45, 7) is 3.91. The maximum Gasteiger partial charge on any atom is 0.0943 e. The van der Waals surface area contributed by atoms with Gasteiger partial charge in [0.15, 0.2) is 0 Å². The number of hydrogen-bond donors (Lipinski definition) is 2. The van der Waals surface area contributed by atoms with Gasteiger partial charge in [-0.15, -0.1) is 0 Å². The molecule has 2 aliphatic rings. The first kappa shape index (κ1) is 15.6. The van der Waals surface area contributed by atoms with Gasteiger partial charge in [0.1, 0.15) is 0 Å². The summed E-state index contributed by atoms with van der Waals surface area (Å²) in [5, 5.41) is 14.9. The predicted octanol–water partition coefficient (Wildman–Crippen LogP) is 4.59. The molecule has 1 aromatic carbocycles. The SMILES string of the molecule is CC12CCC(CNCC(O)c3c(Cl)cccc3Cl)(CC1)C2. The van der Waals surface area contributed by atoms with Gasteiger partial charge < -0.3 is 10.4 Å². The summed E-state index contributed by atoms with van der Waals surface area (Å²) >= 11 is 12.3. The van der Waals surface area contributed by atoms with Gasteiger partial charge in [-0.25, -0.2) is 0 Å². The Kier molecular flexibility index (Phi) is 4.26. The third-order valence-electron chi connectivity index (χ3n) is 5.49. The van der Waals surface area contributed by atoms with E-state index < -0.39 is 6.10 Å². The highest BCUT2D eigenvalue weighted by molar-refractivity contribution is 6.36. The lowest BCUT2D eigenvalue weighted by molar-refractivity contribution is 0.165. The van der Waals surface area contributed by atoms with E-state index in [2.05, 4.69) is 12.2 Å². The van der Waals surface area contributed by atoms with Crippen LogP contribution in [0.25, 0.3) is 0 Å². The van der Waals surface area contributed by atoms with E-state index in [0.717, 1.165) is 6.54 Å². The second-order valence-corrected chi connectivity index (χ2v) is 8.08. The fourth-order valence-electron chi connectivity index (χ4n) is 4.29. The number of hydrogen-bond acceptors (Lipinski definition) is 2. The molecule has 2 bridgehead atoms. The van der Waals surface area contributed by atoms with Crippen molar-refractivity contribution in [3.05, 3.63) is 33.8 Å². The predicted molar refractivity (Wildman–Crippen MR) is 87.9 cm³/mol. The normalized spacial score (nSPS) is 32.6. The zero-order valence-corrected chi connectivity index (χ0v) is 14.0. The minimum Gasteiger partial charge on any atom is -0.387 e. The number of benzene rings is 1. The third kappa shape index (κ3) is 3.10. The highest BCUT2D eigenvalue weighted by atomic mass is 35.5. The van der Waals surface area contributed by atoms with Crippen molar-refractivity contribution in [2.24, 2.45) is 10.8 Å². The van der Waals surface area contributed by atoms with Crippen LogP contribution in [0.1, 0.15) is 50.7 Å². The van der Waals surface area contributed by atoms with E-state index in [1.165, 1.54) is 32.1 Å². The second kappa shape index (κ2) is 5.73. The first-order valence-electron chi connectivity index (χ1n) is 7.76. The standard InChI is InChI=1S/C17H23Cl2NO/c1-16-5-7-17(10-16,8-6-16)11-20-9-14(21)15-12(18)3-2-4-13(15)19/h2-4,14,20-21H,5-11H2,1H3. The van der Waals surface area contributed by atoms with Crippen LogP contribution >= 0.6 is 23.2 Å². The summed E-state index contributed by atoms with van der Waals surface area (Å²) in [5.41, 5.74) is 1.67. The maximum absolute atomic E-state index is 10.3. The number of aliphatic hydroxyl groups excluding tert-OH is 1. The number of nitrogens with one attached hydrogen (secondary N) is 1. The molecule has 0 aliphatic heterocycles. The Balaban J connectivity index is 1.56. The summed E-state index contributed by atoms with van der Waals surface area (Å²) in [7, 11) is 0. The van der Waals surface area contributed by atoms with E-state index in [1.807, 2.05) is 0 Å². The van der Waals surface area contributed by atoms with Gasteiger partial charge in [0.25, 0.3) is 0 Å². The van der Waals surface area contributed by atoms with Crippen LogP contribution in [0.4, 0.5) is 0 Å².